The quantitative estimate of drug-likeness (QED) is 0.899. The Morgan fingerprint density at radius 2 is 2.12 bits per heavy atom. The molecule has 2 aromatic rings. The number of nitrogens with zero attached hydrogens (tertiary/aromatic N) is 2. The topological polar surface area (TPSA) is 67.6 Å². The summed E-state index contributed by atoms with van der Waals surface area (Å²) in [6.07, 6.45) is 4.55. The van der Waals surface area contributed by atoms with Crippen molar-refractivity contribution in [2.45, 2.75) is 38.6 Å². The van der Waals surface area contributed by atoms with Gasteiger partial charge in [-0.2, -0.15) is 0 Å². The molecule has 1 fully saturated rings. The molecule has 1 aliphatic rings. The van der Waals surface area contributed by atoms with Gasteiger partial charge in [-0.15, -0.1) is 0 Å². The van der Waals surface area contributed by atoms with Gasteiger partial charge in [0.1, 0.15) is 11.5 Å². The van der Waals surface area contributed by atoms with E-state index < -0.39 is 0 Å². The molecule has 0 spiro atoms. The van der Waals surface area contributed by atoms with Gasteiger partial charge in [-0.3, -0.25) is 9.69 Å². The third-order valence-corrected chi connectivity index (χ3v) is 4.61. The number of nitrogens with one attached hydrogen (secondary N) is 1. The van der Waals surface area contributed by atoms with Gasteiger partial charge in [0.15, 0.2) is 5.82 Å². The second-order valence-corrected chi connectivity index (χ2v) is 6.48. The van der Waals surface area contributed by atoms with Crippen LogP contribution in [0.25, 0.3) is 0 Å². The highest BCUT2D eigenvalue weighted by molar-refractivity contribution is 5.91. The molecule has 1 atom stereocenters. The number of carbonyl (C=O) groups is 1. The first-order chi connectivity index (χ1) is 12.2. The van der Waals surface area contributed by atoms with E-state index in [-0.39, 0.29) is 11.9 Å². The van der Waals surface area contributed by atoms with Gasteiger partial charge < -0.3 is 14.6 Å². The lowest BCUT2D eigenvalue weighted by atomic mass is 10.0. The van der Waals surface area contributed by atoms with Crippen LogP contribution in [0.4, 0.5) is 5.82 Å². The van der Waals surface area contributed by atoms with Gasteiger partial charge in [0.05, 0.1) is 13.7 Å². The summed E-state index contributed by atoms with van der Waals surface area (Å²) in [5, 5.41) is 6.64. The average Bonchev–Trinajstić information content (AvgIpc) is 2.88. The van der Waals surface area contributed by atoms with Gasteiger partial charge >= 0.3 is 0 Å². The monoisotopic (exact) mass is 343 g/mol. The lowest BCUT2D eigenvalue weighted by Gasteiger charge is -2.29. The number of methoxy groups -OCH3 is 1. The Labute approximate surface area is 148 Å². The summed E-state index contributed by atoms with van der Waals surface area (Å²) in [4.78, 5) is 14.7. The molecule has 6 nitrogen and oxygen atoms in total. The third-order valence-electron chi connectivity index (χ3n) is 4.61. The van der Waals surface area contributed by atoms with Crippen molar-refractivity contribution in [3.63, 3.8) is 0 Å². The maximum atomic E-state index is 12.4. The number of anilines is 1. The van der Waals surface area contributed by atoms with E-state index >= 15 is 0 Å². The summed E-state index contributed by atoms with van der Waals surface area (Å²) in [7, 11) is 1.67. The van der Waals surface area contributed by atoms with E-state index in [1.165, 1.54) is 18.4 Å². The zero-order valence-corrected chi connectivity index (χ0v) is 14.8. The number of likely N-dealkylation sites (tertiary alicyclic amines) is 1. The second kappa shape index (κ2) is 8.16. The summed E-state index contributed by atoms with van der Waals surface area (Å²) in [5.41, 5.74) is 1.23. The molecule has 2 heterocycles. The minimum absolute atomic E-state index is 0.0614. The first-order valence-corrected chi connectivity index (χ1v) is 8.77. The van der Waals surface area contributed by atoms with Crippen LogP contribution >= 0.6 is 0 Å². The molecule has 25 heavy (non-hydrogen) atoms. The number of ether oxygens (including phenoxy) is 1. The van der Waals surface area contributed by atoms with E-state index in [2.05, 4.69) is 27.5 Å². The molecule has 1 amide bonds. The highest BCUT2D eigenvalue weighted by Crippen LogP contribution is 2.31. The molecule has 0 saturated carbocycles. The number of amides is 1. The molecule has 3 rings (SSSR count). The molecule has 1 aromatic heterocycles. The summed E-state index contributed by atoms with van der Waals surface area (Å²) in [6.45, 7) is 3.07. The highest BCUT2D eigenvalue weighted by atomic mass is 16.5. The maximum Gasteiger partial charge on any atom is 0.239 e. The zero-order chi connectivity index (χ0) is 17.6. The van der Waals surface area contributed by atoms with Crippen molar-refractivity contribution >= 4 is 11.7 Å². The first kappa shape index (κ1) is 17.5. The van der Waals surface area contributed by atoms with Crippen LogP contribution in [0.2, 0.25) is 0 Å². The number of benzene rings is 1. The molecule has 134 valence electrons. The molecule has 0 radical (unpaired) electrons. The van der Waals surface area contributed by atoms with Gasteiger partial charge in [0.2, 0.25) is 5.91 Å². The van der Waals surface area contributed by atoms with Crippen molar-refractivity contribution in [2.24, 2.45) is 0 Å². The van der Waals surface area contributed by atoms with Crippen LogP contribution in [0, 0.1) is 6.92 Å². The van der Waals surface area contributed by atoms with E-state index in [1.807, 2.05) is 12.1 Å². The van der Waals surface area contributed by atoms with Crippen molar-refractivity contribution in [1.82, 2.24) is 10.1 Å². The highest BCUT2D eigenvalue weighted by Gasteiger charge is 2.24. The molecule has 1 aromatic carbocycles. The molecule has 6 heteroatoms. The number of rotatable bonds is 5. The summed E-state index contributed by atoms with van der Waals surface area (Å²) < 4.78 is 10.2. The van der Waals surface area contributed by atoms with E-state index in [9.17, 15) is 4.79 Å². The molecule has 0 aliphatic carbocycles. The molecular weight excluding hydrogens is 318 g/mol. The average molecular weight is 343 g/mol. The predicted molar refractivity (Wildman–Crippen MR) is 95.6 cm³/mol. The Morgan fingerprint density at radius 1 is 1.32 bits per heavy atom. The molecule has 1 saturated heterocycles. The van der Waals surface area contributed by atoms with Gasteiger partial charge in [0, 0.05) is 12.1 Å². The summed E-state index contributed by atoms with van der Waals surface area (Å²) in [6, 6.07) is 10.1. The van der Waals surface area contributed by atoms with Gasteiger partial charge in [-0.1, -0.05) is 30.1 Å². The van der Waals surface area contributed by atoms with E-state index in [4.69, 9.17) is 9.26 Å². The Balaban J connectivity index is 1.69. The van der Waals surface area contributed by atoms with Crippen LogP contribution < -0.4 is 10.1 Å². The molecule has 1 N–H and O–H groups in total. The minimum atomic E-state index is -0.0614. The van der Waals surface area contributed by atoms with Crippen LogP contribution in [0.5, 0.6) is 5.75 Å². The Hall–Kier alpha value is -2.34. The van der Waals surface area contributed by atoms with E-state index in [1.54, 1.807) is 20.1 Å². The van der Waals surface area contributed by atoms with Crippen LogP contribution in [-0.2, 0) is 4.79 Å². The molecule has 0 unspecified atom stereocenters. The lowest BCUT2D eigenvalue weighted by Crippen LogP contribution is -2.36. The van der Waals surface area contributed by atoms with Gasteiger partial charge in [-0.05, 0) is 44.0 Å². The van der Waals surface area contributed by atoms with Crippen molar-refractivity contribution in [3.8, 4) is 5.75 Å². The number of aromatic nitrogens is 1. The number of aryl methyl sites for hydroxylation is 1. The van der Waals surface area contributed by atoms with E-state index in [0.717, 1.165) is 25.1 Å². The largest absolute Gasteiger partial charge is 0.497 e. The van der Waals surface area contributed by atoms with Gasteiger partial charge in [-0.25, -0.2) is 0 Å². The molecule has 0 bridgehead atoms. The zero-order valence-electron chi connectivity index (χ0n) is 14.8. The smallest absolute Gasteiger partial charge is 0.239 e. The molecule has 1 aliphatic heterocycles. The predicted octanol–water partition coefficient (Wildman–Crippen LogP) is 3.55. The Kier molecular flexibility index (Phi) is 5.71. The number of hydrogen-bond donors (Lipinski definition) is 1. The van der Waals surface area contributed by atoms with Crippen molar-refractivity contribution < 1.29 is 14.1 Å². The maximum absolute atomic E-state index is 12.4. The van der Waals surface area contributed by atoms with Gasteiger partial charge in [0.25, 0.3) is 0 Å². The third kappa shape index (κ3) is 4.60. The Morgan fingerprint density at radius 3 is 2.80 bits per heavy atom. The van der Waals surface area contributed by atoms with Crippen molar-refractivity contribution in [2.75, 3.05) is 25.5 Å². The van der Waals surface area contributed by atoms with Crippen molar-refractivity contribution in [3.05, 3.63) is 41.7 Å². The molecular formula is C19H25N3O3. The first-order valence-electron chi connectivity index (χ1n) is 8.77. The minimum Gasteiger partial charge on any atom is -0.497 e. The van der Waals surface area contributed by atoms with Crippen LogP contribution in [0.15, 0.2) is 34.9 Å². The Bertz CT molecular complexity index is 696. The van der Waals surface area contributed by atoms with Crippen LogP contribution in [0.3, 0.4) is 0 Å². The fraction of sp³-hybridized carbons (Fsp3) is 0.474. The SMILES string of the molecule is COc1ccc([C@@H]2CCCCCN2CC(=O)Nc2cc(C)on2)cc1. The second-order valence-electron chi connectivity index (χ2n) is 6.48. The number of carbonyl (C=O) groups excluding carboxylic acids is 1. The summed E-state index contributed by atoms with van der Waals surface area (Å²) >= 11 is 0. The normalized spacial score (nSPS) is 18.6. The van der Waals surface area contributed by atoms with Crippen LogP contribution in [0.1, 0.15) is 43.0 Å². The number of hydrogen-bond acceptors (Lipinski definition) is 5. The summed E-state index contributed by atoms with van der Waals surface area (Å²) in [5.74, 6) is 1.94. The van der Waals surface area contributed by atoms with Crippen molar-refractivity contribution in [1.29, 1.82) is 0 Å². The van der Waals surface area contributed by atoms with E-state index in [0.29, 0.717) is 18.1 Å². The fourth-order valence-corrected chi connectivity index (χ4v) is 3.35. The van der Waals surface area contributed by atoms with Crippen LogP contribution in [-0.4, -0.2) is 36.2 Å². The fourth-order valence-electron chi connectivity index (χ4n) is 3.35. The standard InChI is InChI=1S/C19H25N3O3/c1-14-12-18(21-25-14)20-19(23)13-22-11-5-3-4-6-17(22)15-7-9-16(24-2)10-8-15/h7-10,12,17H,3-6,11,13H2,1-2H3,(H,20,21,23)/t17-/m0/s1. The lowest BCUT2D eigenvalue weighted by molar-refractivity contribution is -0.117.